The Morgan fingerprint density at radius 2 is 1.91 bits per heavy atom. The second-order valence-electron chi connectivity index (χ2n) is 7.90. The number of hydrogen-bond donors (Lipinski definition) is 1. The SMILES string of the molecule is O=C1OC(CCS(=O)(=O)O)CN1c1ccc(-c2ccc(N3CCS(=O)(=O)CC3)nc2)c(F)c1. The molecule has 2 fully saturated rings. The van der Waals surface area contributed by atoms with Crippen LogP contribution in [0.1, 0.15) is 6.42 Å². The van der Waals surface area contributed by atoms with Crippen LogP contribution in [0.15, 0.2) is 36.5 Å². The maximum Gasteiger partial charge on any atom is 0.414 e. The van der Waals surface area contributed by atoms with Gasteiger partial charge in [0.05, 0.1) is 29.5 Å². The average molecular weight is 500 g/mol. The normalized spacial score (nSPS) is 20.7. The number of rotatable bonds is 6. The highest BCUT2D eigenvalue weighted by Crippen LogP contribution is 2.30. The largest absolute Gasteiger partial charge is 0.444 e. The van der Waals surface area contributed by atoms with E-state index in [-0.39, 0.29) is 35.7 Å². The van der Waals surface area contributed by atoms with Crippen LogP contribution < -0.4 is 9.80 Å². The summed E-state index contributed by atoms with van der Waals surface area (Å²) in [5, 5.41) is 0. The summed E-state index contributed by atoms with van der Waals surface area (Å²) in [5.74, 6) is -0.367. The molecule has 3 heterocycles. The van der Waals surface area contributed by atoms with E-state index in [1.807, 2.05) is 4.90 Å². The van der Waals surface area contributed by atoms with E-state index in [2.05, 4.69) is 4.98 Å². The van der Waals surface area contributed by atoms with Gasteiger partial charge in [-0.2, -0.15) is 8.42 Å². The Kier molecular flexibility index (Phi) is 6.29. The zero-order valence-corrected chi connectivity index (χ0v) is 19.1. The van der Waals surface area contributed by atoms with E-state index in [0.717, 1.165) is 0 Å². The zero-order chi connectivity index (χ0) is 23.8. The van der Waals surface area contributed by atoms with Crippen LogP contribution in [0.2, 0.25) is 0 Å². The van der Waals surface area contributed by atoms with Gasteiger partial charge >= 0.3 is 6.09 Å². The maximum atomic E-state index is 14.9. The fraction of sp³-hybridized carbons (Fsp3) is 0.400. The molecule has 10 nitrogen and oxygen atoms in total. The highest BCUT2D eigenvalue weighted by molar-refractivity contribution is 7.91. The molecular weight excluding hydrogens is 477 g/mol. The van der Waals surface area contributed by atoms with E-state index in [4.69, 9.17) is 9.29 Å². The third-order valence-corrected chi connectivity index (χ3v) is 7.92. The van der Waals surface area contributed by atoms with Gasteiger partial charge in [0, 0.05) is 36.8 Å². The molecule has 1 amide bonds. The molecule has 1 aromatic heterocycles. The van der Waals surface area contributed by atoms with Crippen LogP contribution in [-0.2, 0) is 24.7 Å². The Bertz CT molecular complexity index is 1250. The molecule has 1 unspecified atom stereocenters. The lowest BCUT2D eigenvalue weighted by Crippen LogP contribution is -2.40. The highest BCUT2D eigenvalue weighted by atomic mass is 32.2. The molecule has 13 heteroatoms. The number of aromatic nitrogens is 1. The number of anilines is 2. The second kappa shape index (κ2) is 8.88. The second-order valence-corrected chi connectivity index (χ2v) is 11.8. The fourth-order valence-electron chi connectivity index (χ4n) is 3.74. The van der Waals surface area contributed by atoms with Crippen LogP contribution in [0.25, 0.3) is 11.1 Å². The summed E-state index contributed by atoms with van der Waals surface area (Å²) in [4.78, 5) is 19.5. The Hall–Kier alpha value is -2.77. The van der Waals surface area contributed by atoms with Gasteiger partial charge in [0.25, 0.3) is 10.1 Å². The number of ether oxygens (including phenoxy) is 1. The first kappa shape index (κ1) is 23.4. The molecule has 1 N–H and O–H groups in total. The predicted molar refractivity (Wildman–Crippen MR) is 119 cm³/mol. The van der Waals surface area contributed by atoms with Crippen molar-refractivity contribution < 1.29 is 35.3 Å². The number of hydrogen-bond acceptors (Lipinski definition) is 8. The average Bonchev–Trinajstić information content (AvgIpc) is 3.13. The number of pyridine rings is 1. The Morgan fingerprint density at radius 1 is 1.18 bits per heavy atom. The summed E-state index contributed by atoms with van der Waals surface area (Å²) < 4.78 is 73.8. The quantitative estimate of drug-likeness (QED) is 0.590. The molecule has 4 rings (SSSR count). The summed E-state index contributed by atoms with van der Waals surface area (Å²) in [7, 11) is -7.18. The van der Waals surface area contributed by atoms with Gasteiger partial charge < -0.3 is 9.64 Å². The minimum absolute atomic E-state index is 0.0367. The predicted octanol–water partition coefficient (Wildman–Crippen LogP) is 1.73. The van der Waals surface area contributed by atoms with Crippen LogP contribution >= 0.6 is 0 Å². The highest BCUT2D eigenvalue weighted by Gasteiger charge is 2.33. The van der Waals surface area contributed by atoms with Gasteiger partial charge in [-0.05, 0) is 30.3 Å². The lowest BCUT2D eigenvalue weighted by Gasteiger charge is -2.27. The van der Waals surface area contributed by atoms with Crippen molar-refractivity contribution in [2.24, 2.45) is 0 Å². The number of cyclic esters (lactones) is 1. The standard InChI is InChI=1S/C20H22FN3O7S2/c21-18-11-15(24-13-16(31-20(24)25)5-8-33(28,29)30)2-3-17(18)14-1-4-19(22-12-14)23-6-9-32(26,27)10-7-23/h1-4,11-12,16H,5-10,13H2,(H,28,29,30). The summed E-state index contributed by atoms with van der Waals surface area (Å²) >= 11 is 0. The molecule has 33 heavy (non-hydrogen) atoms. The zero-order valence-electron chi connectivity index (χ0n) is 17.4. The molecule has 2 aliphatic heterocycles. The van der Waals surface area contributed by atoms with Gasteiger partial charge in [0.2, 0.25) is 0 Å². The first-order valence-corrected chi connectivity index (χ1v) is 13.6. The molecule has 1 atom stereocenters. The van der Waals surface area contributed by atoms with Gasteiger partial charge in [0.15, 0.2) is 9.84 Å². The van der Waals surface area contributed by atoms with E-state index in [9.17, 15) is 26.0 Å². The minimum Gasteiger partial charge on any atom is -0.444 e. The van der Waals surface area contributed by atoms with Crippen molar-refractivity contribution in [2.75, 3.05) is 46.7 Å². The van der Waals surface area contributed by atoms with Crippen molar-refractivity contribution >= 4 is 37.6 Å². The van der Waals surface area contributed by atoms with Crippen molar-refractivity contribution in [3.8, 4) is 11.1 Å². The summed E-state index contributed by atoms with van der Waals surface area (Å²) in [6, 6.07) is 7.64. The van der Waals surface area contributed by atoms with Gasteiger partial charge in [-0.25, -0.2) is 22.6 Å². The number of nitrogens with zero attached hydrogens (tertiary/aromatic N) is 3. The van der Waals surface area contributed by atoms with Crippen molar-refractivity contribution in [2.45, 2.75) is 12.5 Å². The molecule has 0 aliphatic carbocycles. The molecule has 1 aromatic carbocycles. The maximum absolute atomic E-state index is 14.9. The van der Waals surface area contributed by atoms with Gasteiger partial charge in [-0.15, -0.1) is 0 Å². The minimum atomic E-state index is -4.18. The first-order valence-electron chi connectivity index (χ1n) is 10.2. The first-order chi connectivity index (χ1) is 15.5. The molecule has 178 valence electrons. The van der Waals surface area contributed by atoms with Crippen molar-refractivity contribution in [3.63, 3.8) is 0 Å². The number of benzene rings is 1. The Morgan fingerprint density at radius 3 is 2.52 bits per heavy atom. The lowest BCUT2D eigenvalue weighted by atomic mass is 10.1. The lowest BCUT2D eigenvalue weighted by molar-refractivity contribution is 0.139. The molecular formula is C20H22FN3O7S2. The number of sulfone groups is 1. The number of carbonyl (C=O) groups excluding carboxylic acids is 1. The number of carbonyl (C=O) groups is 1. The van der Waals surface area contributed by atoms with Crippen LogP contribution in [0.5, 0.6) is 0 Å². The summed E-state index contributed by atoms with van der Waals surface area (Å²) in [6.07, 6.45) is -0.0186. The fourth-order valence-corrected chi connectivity index (χ4v) is 5.51. The summed E-state index contributed by atoms with van der Waals surface area (Å²) in [5.41, 5.74) is 1.05. The third kappa shape index (κ3) is 5.60. The molecule has 0 saturated carbocycles. The van der Waals surface area contributed by atoms with Crippen LogP contribution in [0.4, 0.5) is 20.7 Å². The van der Waals surface area contributed by atoms with Crippen molar-refractivity contribution in [1.29, 1.82) is 0 Å². The van der Waals surface area contributed by atoms with Gasteiger partial charge in [0.1, 0.15) is 17.7 Å². The van der Waals surface area contributed by atoms with E-state index in [0.29, 0.717) is 24.5 Å². The smallest absolute Gasteiger partial charge is 0.414 e. The van der Waals surface area contributed by atoms with E-state index >= 15 is 0 Å². The van der Waals surface area contributed by atoms with Crippen molar-refractivity contribution in [3.05, 3.63) is 42.3 Å². The van der Waals surface area contributed by atoms with E-state index in [1.165, 1.54) is 23.2 Å². The van der Waals surface area contributed by atoms with E-state index < -0.39 is 43.7 Å². The Labute approximate surface area is 190 Å². The van der Waals surface area contributed by atoms with Crippen LogP contribution in [-0.4, -0.2) is 75.5 Å². The molecule has 0 spiro atoms. The monoisotopic (exact) mass is 499 g/mol. The third-order valence-electron chi connectivity index (χ3n) is 5.56. The molecule has 2 saturated heterocycles. The number of amides is 1. The molecule has 2 aromatic rings. The van der Waals surface area contributed by atoms with E-state index in [1.54, 1.807) is 18.2 Å². The van der Waals surface area contributed by atoms with Gasteiger partial charge in [-0.1, -0.05) is 0 Å². The Balaban J connectivity index is 1.45. The topological polar surface area (TPSA) is 134 Å². The summed E-state index contributed by atoms with van der Waals surface area (Å²) in [6.45, 7) is 0.749. The molecule has 2 aliphatic rings. The number of halogens is 1. The molecule has 0 bridgehead atoms. The van der Waals surface area contributed by atoms with Crippen LogP contribution in [0.3, 0.4) is 0 Å². The van der Waals surface area contributed by atoms with Crippen LogP contribution in [0, 0.1) is 5.82 Å². The van der Waals surface area contributed by atoms with Gasteiger partial charge in [-0.3, -0.25) is 9.45 Å². The van der Waals surface area contributed by atoms with Crippen molar-refractivity contribution in [1.82, 2.24) is 4.98 Å². The molecule has 0 radical (unpaired) electrons.